The second-order valence-corrected chi connectivity index (χ2v) is 4.64. The average Bonchev–Trinajstić information content (AvgIpc) is 2.25. The zero-order valence-electron chi connectivity index (χ0n) is 9.65. The Kier molecular flexibility index (Phi) is 4.81. The molecule has 0 aromatic carbocycles. The molecule has 0 aromatic heterocycles. The SMILES string of the molecule is CCC1CCCCC1C(=O)CCC(F)(F)F. The Bertz CT molecular complexity index is 235. The molecular formula is C12H19F3O. The van der Waals surface area contributed by atoms with E-state index in [0.29, 0.717) is 5.92 Å². The number of carbonyl (C=O) groups excluding carboxylic acids is 1. The lowest BCUT2D eigenvalue weighted by Crippen LogP contribution is -2.27. The first-order chi connectivity index (χ1) is 7.44. The number of carbonyl (C=O) groups is 1. The van der Waals surface area contributed by atoms with Gasteiger partial charge in [-0.2, -0.15) is 13.2 Å². The van der Waals surface area contributed by atoms with Crippen molar-refractivity contribution in [3.05, 3.63) is 0 Å². The second kappa shape index (κ2) is 5.69. The van der Waals surface area contributed by atoms with Crippen LogP contribution in [0.15, 0.2) is 0 Å². The first-order valence-corrected chi connectivity index (χ1v) is 6.03. The molecule has 1 rings (SSSR count). The van der Waals surface area contributed by atoms with Crippen molar-refractivity contribution in [1.29, 1.82) is 0 Å². The van der Waals surface area contributed by atoms with Crippen LogP contribution in [0.3, 0.4) is 0 Å². The van der Waals surface area contributed by atoms with Gasteiger partial charge < -0.3 is 0 Å². The van der Waals surface area contributed by atoms with Gasteiger partial charge in [-0.3, -0.25) is 4.79 Å². The third-order valence-electron chi connectivity index (χ3n) is 3.50. The van der Waals surface area contributed by atoms with Crippen LogP contribution in [0.5, 0.6) is 0 Å². The molecular weight excluding hydrogens is 217 g/mol. The molecule has 0 amide bonds. The van der Waals surface area contributed by atoms with Crippen molar-refractivity contribution < 1.29 is 18.0 Å². The molecule has 0 aromatic rings. The standard InChI is InChI=1S/C12H19F3O/c1-2-9-5-3-4-6-10(9)11(16)7-8-12(13,14)15/h9-10H,2-8H2,1H3. The molecule has 1 nitrogen and oxygen atoms in total. The molecule has 0 saturated heterocycles. The highest BCUT2D eigenvalue weighted by Crippen LogP contribution is 2.34. The van der Waals surface area contributed by atoms with E-state index in [9.17, 15) is 18.0 Å². The molecule has 1 aliphatic rings. The molecule has 4 heteroatoms. The van der Waals surface area contributed by atoms with Crippen LogP contribution in [0.25, 0.3) is 0 Å². The zero-order chi connectivity index (χ0) is 12.2. The Morgan fingerprint density at radius 2 is 1.88 bits per heavy atom. The maximum absolute atomic E-state index is 12.0. The lowest BCUT2D eigenvalue weighted by molar-refractivity contribution is -0.146. The van der Waals surface area contributed by atoms with Crippen molar-refractivity contribution in [3.8, 4) is 0 Å². The monoisotopic (exact) mass is 236 g/mol. The number of rotatable bonds is 4. The van der Waals surface area contributed by atoms with Crippen molar-refractivity contribution in [2.45, 2.75) is 58.0 Å². The maximum atomic E-state index is 12.0. The molecule has 0 spiro atoms. The Morgan fingerprint density at radius 3 is 2.44 bits per heavy atom. The third kappa shape index (κ3) is 4.14. The summed E-state index contributed by atoms with van der Waals surface area (Å²) in [6, 6.07) is 0. The molecule has 16 heavy (non-hydrogen) atoms. The number of halogens is 3. The summed E-state index contributed by atoms with van der Waals surface area (Å²) in [7, 11) is 0. The average molecular weight is 236 g/mol. The van der Waals surface area contributed by atoms with E-state index in [2.05, 4.69) is 0 Å². The van der Waals surface area contributed by atoms with E-state index < -0.39 is 12.6 Å². The Balaban J connectivity index is 2.45. The van der Waals surface area contributed by atoms with Crippen LogP contribution in [-0.2, 0) is 4.79 Å². The lowest BCUT2D eigenvalue weighted by atomic mass is 9.75. The molecule has 2 atom stereocenters. The summed E-state index contributed by atoms with van der Waals surface area (Å²) < 4.78 is 36.0. The van der Waals surface area contributed by atoms with Crippen LogP contribution in [0.4, 0.5) is 13.2 Å². The van der Waals surface area contributed by atoms with E-state index in [4.69, 9.17) is 0 Å². The minimum atomic E-state index is -4.20. The highest BCUT2D eigenvalue weighted by Gasteiger charge is 2.33. The van der Waals surface area contributed by atoms with Gasteiger partial charge in [0.05, 0.1) is 6.42 Å². The smallest absolute Gasteiger partial charge is 0.299 e. The summed E-state index contributed by atoms with van der Waals surface area (Å²) in [5, 5.41) is 0. The predicted molar refractivity (Wildman–Crippen MR) is 56.0 cm³/mol. The molecule has 0 bridgehead atoms. The molecule has 0 heterocycles. The van der Waals surface area contributed by atoms with Gasteiger partial charge in [0.1, 0.15) is 5.78 Å². The van der Waals surface area contributed by atoms with Gasteiger partial charge in [-0.05, 0) is 18.8 Å². The molecule has 0 N–H and O–H groups in total. The van der Waals surface area contributed by atoms with Crippen LogP contribution >= 0.6 is 0 Å². The second-order valence-electron chi connectivity index (χ2n) is 4.64. The van der Waals surface area contributed by atoms with Crippen molar-refractivity contribution in [2.75, 3.05) is 0 Å². The van der Waals surface area contributed by atoms with E-state index in [-0.39, 0.29) is 18.1 Å². The first-order valence-electron chi connectivity index (χ1n) is 6.03. The number of alkyl halides is 3. The van der Waals surface area contributed by atoms with Crippen molar-refractivity contribution in [3.63, 3.8) is 0 Å². The fourth-order valence-electron chi connectivity index (χ4n) is 2.57. The minimum absolute atomic E-state index is 0.110. The largest absolute Gasteiger partial charge is 0.389 e. The van der Waals surface area contributed by atoms with E-state index in [0.717, 1.165) is 32.1 Å². The van der Waals surface area contributed by atoms with Gasteiger partial charge in [-0.15, -0.1) is 0 Å². The molecule has 0 radical (unpaired) electrons. The number of hydrogen-bond acceptors (Lipinski definition) is 1. The molecule has 1 fully saturated rings. The third-order valence-corrected chi connectivity index (χ3v) is 3.50. The highest BCUT2D eigenvalue weighted by molar-refractivity contribution is 5.81. The van der Waals surface area contributed by atoms with Crippen LogP contribution in [0.2, 0.25) is 0 Å². The van der Waals surface area contributed by atoms with Gasteiger partial charge in [0.2, 0.25) is 0 Å². The molecule has 94 valence electrons. The number of Topliss-reactive ketones (excluding diaryl/α,β-unsaturated/α-hetero) is 1. The first kappa shape index (κ1) is 13.5. The summed E-state index contributed by atoms with van der Waals surface area (Å²) in [6.45, 7) is 2.01. The zero-order valence-corrected chi connectivity index (χ0v) is 9.65. The van der Waals surface area contributed by atoms with Crippen molar-refractivity contribution in [1.82, 2.24) is 0 Å². The Hall–Kier alpha value is -0.540. The van der Waals surface area contributed by atoms with Crippen LogP contribution < -0.4 is 0 Å². The summed E-state index contributed by atoms with van der Waals surface area (Å²) in [5.74, 6) is 0.0273. The molecule has 1 aliphatic carbocycles. The van der Waals surface area contributed by atoms with Gasteiger partial charge in [-0.25, -0.2) is 0 Å². The Labute approximate surface area is 94.4 Å². The Morgan fingerprint density at radius 1 is 1.25 bits per heavy atom. The van der Waals surface area contributed by atoms with E-state index in [1.165, 1.54) is 0 Å². The van der Waals surface area contributed by atoms with Crippen LogP contribution in [0, 0.1) is 11.8 Å². The number of ketones is 1. The molecule has 2 unspecified atom stereocenters. The topological polar surface area (TPSA) is 17.1 Å². The van der Waals surface area contributed by atoms with Crippen molar-refractivity contribution >= 4 is 5.78 Å². The molecule has 0 aliphatic heterocycles. The van der Waals surface area contributed by atoms with Gasteiger partial charge in [0, 0.05) is 12.3 Å². The van der Waals surface area contributed by atoms with E-state index >= 15 is 0 Å². The fourth-order valence-corrected chi connectivity index (χ4v) is 2.57. The van der Waals surface area contributed by atoms with Crippen LogP contribution in [0.1, 0.15) is 51.9 Å². The van der Waals surface area contributed by atoms with E-state index in [1.807, 2.05) is 6.92 Å². The van der Waals surface area contributed by atoms with Gasteiger partial charge in [0.15, 0.2) is 0 Å². The quantitative estimate of drug-likeness (QED) is 0.717. The maximum Gasteiger partial charge on any atom is 0.389 e. The van der Waals surface area contributed by atoms with Gasteiger partial charge in [0.25, 0.3) is 0 Å². The highest BCUT2D eigenvalue weighted by atomic mass is 19.4. The van der Waals surface area contributed by atoms with Crippen LogP contribution in [-0.4, -0.2) is 12.0 Å². The number of hydrogen-bond donors (Lipinski definition) is 0. The summed E-state index contributed by atoms with van der Waals surface area (Å²) in [5.41, 5.74) is 0. The normalized spacial score (nSPS) is 26.8. The molecule has 1 saturated carbocycles. The minimum Gasteiger partial charge on any atom is -0.299 e. The lowest BCUT2D eigenvalue weighted by Gasteiger charge is -2.29. The summed E-state index contributed by atoms with van der Waals surface area (Å²) in [4.78, 5) is 11.7. The van der Waals surface area contributed by atoms with Gasteiger partial charge in [-0.1, -0.05) is 26.2 Å². The predicted octanol–water partition coefficient (Wildman–Crippen LogP) is 4.11. The van der Waals surface area contributed by atoms with Crippen molar-refractivity contribution in [2.24, 2.45) is 11.8 Å². The summed E-state index contributed by atoms with van der Waals surface area (Å²) >= 11 is 0. The summed E-state index contributed by atoms with van der Waals surface area (Å²) in [6.07, 6.45) is -0.702. The fraction of sp³-hybridized carbons (Fsp3) is 0.917. The van der Waals surface area contributed by atoms with Gasteiger partial charge >= 0.3 is 6.18 Å². The van der Waals surface area contributed by atoms with E-state index in [1.54, 1.807) is 0 Å².